The van der Waals surface area contributed by atoms with Crippen LogP contribution in [0.2, 0.25) is 0 Å². The van der Waals surface area contributed by atoms with Crippen molar-refractivity contribution in [3.8, 4) is 5.75 Å². The number of rotatable bonds is 5. The van der Waals surface area contributed by atoms with Crippen molar-refractivity contribution in [1.82, 2.24) is 4.90 Å². The van der Waals surface area contributed by atoms with Crippen LogP contribution in [0, 0.1) is 5.92 Å². The Morgan fingerprint density at radius 2 is 1.80 bits per heavy atom. The van der Waals surface area contributed by atoms with Gasteiger partial charge in [-0.05, 0) is 57.1 Å². The summed E-state index contributed by atoms with van der Waals surface area (Å²) in [6, 6.07) is 4.51. The average molecular weight is 359 g/mol. The molecule has 0 aliphatic carbocycles. The molecular weight excluding hydrogens is 339 g/mol. The fraction of sp³-hybridized carbons (Fsp3) is 0.500. The van der Waals surface area contributed by atoms with Crippen LogP contribution in [-0.2, 0) is 9.59 Å². The number of likely N-dealkylation sites (tertiary alicyclic amines) is 1. The number of alkyl halides is 3. The van der Waals surface area contributed by atoms with E-state index in [4.69, 9.17) is 5.73 Å². The second-order valence-corrected chi connectivity index (χ2v) is 5.95. The number of piperidine rings is 1. The van der Waals surface area contributed by atoms with Gasteiger partial charge in [-0.15, -0.1) is 13.2 Å². The number of hydrogen-bond acceptors (Lipinski definition) is 4. The lowest BCUT2D eigenvalue weighted by molar-refractivity contribution is -0.274. The molecule has 0 radical (unpaired) electrons. The monoisotopic (exact) mass is 359 g/mol. The first-order valence-electron chi connectivity index (χ1n) is 7.86. The van der Waals surface area contributed by atoms with E-state index in [0.717, 1.165) is 12.1 Å². The van der Waals surface area contributed by atoms with Crippen LogP contribution in [0.1, 0.15) is 19.8 Å². The summed E-state index contributed by atoms with van der Waals surface area (Å²) in [6.45, 7) is 2.90. The zero-order valence-corrected chi connectivity index (χ0v) is 13.7. The smallest absolute Gasteiger partial charge is 0.406 e. The minimum absolute atomic E-state index is 0.160. The van der Waals surface area contributed by atoms with Gasteiger partial charge in [0.1, 0.15) is 5.75 Å². The first kappa shape index (κ1) is 19.0. The van der Waals surface area contributed by atoms with E-state index in [1.165, 1.54) is 12.1 Å². The van der Waals surface area contributed by atoms with Gasteiger partial charge in [-0.25, -0.2) is 0 Å². The van der Waals surface area contributed by atoms with E-state index in [0.29, 0.717) is 31.6 Å². The van der Waals surface area contributed by atoms with Crippen LogP contribution in [0.4, 0.5) is 18.9 Å². The van der Waals surface area contributed by atoms with E-state index in [9.17, 15) is 22.8 Å². The first-order chi connectivity index (χ1) is 11.7. The van der Waals surface area contributed by atoms with Crippen molar-refractivity contribution in [2.24, 2.45) is 11.7 Å². The van der Waals surface area contributed by atoms with E-state index >= 15 is 0 Å². The van der Waals surface area contributed by atoms with E-state index in [1.54, 1.807) is 6.92 Å². The lowest BCUT2D eigenvalue weighted by Crippen LogP contribution is -2.47. The molecule has 6 nitrogen and oxygen atoms in total. The Bertz CT molecular complexity index is 611. The van der Waals surface area contributed by atoms with E-state index in [1.807, 2.05) is 4.90 Å². The molecule has 1 aliphatic rings. The second-order valence-electron chi connectivity index (χ2n) is 5.95. The highest BCUT2D eigenvalue weighted by Gasteiger charge is 2.31. The summed E-state index contributed by atoms with van der Waals surface area (Å²) in [5, 5.41) is 2.65. The molecule has 0 saturated carbocycles. The summed E-state index contributed by atoms with van der Waals surface area (Å²) in [6.07, 6.45) is -3.54. The van der Waals surface area contributed by atoms with Gasteiger partial charge in [0.2, 0.25) is 11.8 Å². The summed E-state index contributed by atoms with van der Waals surface area (Å²) in [4.78, 5) is 25.4. The van der Waals surface area contributed by atoms with Crippen molar-refractivity contribution in [2.75, 3.05) is 18.4 Å². The molecule has 2 amide bonds. The molecule has 25 heavy (non-hydrogen) atoms. The second kappa shape index (κ2) is 7.73. The fourth-order valence-corrected chi connectivity index (χ4v) is 2.72. The number of nitrogens with two attached hydrogens (primary N) is 1. The molecule has 0 aromatic heterocycles. The normalized spacial score (nSPS) is 17.8. The Labute approximate surface area is 143 Å². The number of halogens is 3. The lowest BCUT2D eigenvalue weighted by atomic mass is 9.95. The molecule has 0 bridgehead atoms. The number of amides is 2. The number of anilines is 1. The quantitative estimate of drug-likeness (QED) is 0.843. The number of carbonyl (C=O) groups excluding carboxylic acids is 2. The number of carbonyl (C=O) groups is 2. The average Bonchev–Trinajstić information content (AvgIpc) is 2.54. The van der Waals surface area contributed by atoms with Gasteiger partial charge in [-0.3, -0.25) is 14.5 Å². The summed E-state index contributed by atoms with van der Waals surface area (Å²) in [5.41, 5.74) is 5.66. The highest BCUT2D eigenvalue weighted by Crippen LogP contribution is 2.24. The Balaban J connectivity index is 1.88. The molecule has 9 heteroatoms. The van der Waals surface area contributed by atoms with Gasteiger partial charge in [-0.2, -0.15) is 0 Å². The highest BCUT2D eigenvalue weighted by atomic mass is 19.4. The van der Waals surface area contributed by atoms with Crippen molar-refractivity contribution >= 4 is 17.5 Å². The van der Waals surface area contributed by atoms with Crippen molar-refractivity contribution in [1.29, 1.82) is 0 Å². The Hall–Kier alpha value is -2.29. The first-order valence-corrected chi connectivity index (χ1v) is 7.86. The van der Waals surface area contributed by atoms with Crippen LogP contribution in [0.5, 0.6) is 5.75 Å². The SMILES string of the molecule is C[C@@H](C(=O)Nc1ccc(OC(F)(F)F)cc1)N1CCC(C(N)=O)CC1. The molecule has 1 saturated heterocycles. The predicted molar refractivity (Wildman–Crippen MR) is 84.7 cm³/mol. The van der Waals surface area contributed by atoms with E-state index in [-0.39, 0.29) is 23.5 Å². The molecule has 1 aliphatic heterocycles. The molecule has 3 N–H and O–H groups in total. The zero-order chi connectivity index (χ0) is 18.6. The molecule has 1 aromatic carbocycles. The molecule has 0 unspecified atom stereocenters. The number of ether oxygens (including phenoxy) is 1. The summed E-state index contributed by atoms with van der Waals surface area (Å²) in [5.74, 6) is -1.11. The topological polar surface area (TPSA) is 84.7 Å². The van der Waals surface area contributed by atoms with Crippen molar-refractivity contribution in [3.05, 3.63) is 24.3 Å². The van der Waals surface area contributed by atoms with E-state index in [2.05, 4.69) is 10.1 Å². The molecule has 1 fully saturated rings. The molecular formula is C16H20F3N3O3. The number of primary amides is 1. The maximum absolute atomic E-state index is 12.3. The summed E-state index contributed by atoms with van der Waals surface area (Å²) in [7, 11) is 0. The van der Waals surface area contributed by atoms with Gasteiger partial charge in [0, 0.05) is 11.6 Å². The fourth-order valence-electron chi connectivity index (χ4n) is 2.72. The van der Waals surface area contributed by atoms with Gasteiger partial charge in [0.05, 0.1) is 6.04 Å². The van der Waals surface area contributed by atoms with Crippen LogP contribution in [0.15, 0.2) is 24.3 Å². The van der Waals surface area contributed by atoms with Crippen LogP contribution >= 0.6 is 0 Å². The summed E-state index contributed by atoms with van der Waals surface area (Å²) >= 11 is 0. The van der Waals surface area contributed by atoms with Crippen LogP contribution < -0.4 is 15.8 Å². The van der Waals surface area contributed by atoms with Crippen LogP contribution in [0.25, 0.3) is 0 Å². The van der Waals surface area contributed by atoms with Crippen LogP contribution in [-0.4, -0.2) is 42.2 Å². The van der Waals surface area contributed by atoms with Gasteiger partial charge < -0.3 is 15.8 Å². The predicted octanol–water partition coefficient (Wildman–Crippen LogP) is 2.11. The Kier molecular flexibility index (Phi) is 5.89. The number of nitrogens with one attached hydrogen (secondary N) is 1. The highest BCUT2D eigenvalue weighted by molar-refractivity contribution is 5.94. The van der Waals surface area contributed by atoms with Crippen LogP contribution in [0.3, 0.4) is 0 Å². The third-order valence-corrected chi connectivity index (χ3v) is 4.21. The number of hydrogen-bond donors (Lipinski definition) is 2. The van der Waals surface area contributed by atoms with Crippen molar-refractivity contribution < 1.29 is 27.5 Å². The van der Waals surface area contributed by atoms with Gasteiger partial charge >= 0.3 is 6.36 Å². The lowest BCUT2D eigenvalue weighted by Gasteiger charge is -2.34. The molecule has 2 rings (SSSR count). The minimum atomic E-state index is -4.75. The maximum Gasteiger partial charge on any atom is 0.573 e. The van der Waals surface area contributed by atoms with Crippen molar-refractivity contribution in [3.63, 3.8) is 0 Å². The molecule has 1 heterocycles. The zero-order valence-electron chi connectivity index (χ0n) is 13.7. The molecule has 1 atom stereocenters. The van der Waals surface area contributed by atoms with Crippen molar-refractivity contribution in [2.45, 2.75) is 32.2 Å². The Morgan fingerprint density at radius 3 is 2.28 bits per heavy atom. The molecule has 1 aromatic rings. The maximum atomic E-state index is 12.3. The molecule has 0 spiro atoms. The number of benzene rings is 1. The third-order valence-electron chi connectivity index (χ3n) is 4.21. The third kappa shape index (κ3) is 5.63. The van der Waals surface area contributed by atoms with Gasteiger partial charge in [-0.1, -0.05) is 0 Å². The minimum Gasteiger partial charge on any atom is -0.406 e. The van der Waals surface area contributed by atoms with E-state index < -0.39 is 12.4 Å². The largest absolute Gasteiger partial charge is 0.573 e. The molecule has 138 valence electrons. The standard InChI is InChI=1S/C16H20F3N3O3/c1-10(22-8-6-11(7-9-22)14(20)23)15(24)21-12-2-4-13(5-3-12)25-16(17,18)19/h2-5,10-11H,6-9H2,1H3,(H2,20,23)(H,21,24)/t10-/m0/s1. The number of nitrogens with zero attached hydrogens (tertiary/aromatic N) is 1. The van der Waals surface area contributed by atoms with Gasteiger partial charge in [0.15, 0.2) is 0 Å². The Morgan fingerprint density at radius 1 is 1.24 bits per heavy atom. The van der Waals surface area contributed by atoms with Gasteiger partial charge in [0.25, 0.3) is 0 Å². The summed E-state index contributed by atoms with van der Waals surface area (Å²) < 4.78 is 40.1.